The van der Waals surface area contributed by atoms with E-state index >= 15 is 0 Å². The number of pyridine rings is 2. The molecule has 8 heteroatoms. The second-order valence-electron chi connectivity index (χ2n) is 9.33. The summed E-state index contributed by atoms with van der Waals surface area (Å²) in [5.74, 6) is 1.72. The zero-order chi connectivity index (χ0) is 28.7. The van der Waals surface area contributed by atoms with Crippen LogP contribution in [-0.2, 0) is 0 Å². The smallest absolute Gasteiger partial charge is 0.152 e. The first-order valence-corrected chi connectivity index (χ1v) is 15.5. The van der Waals surface area contributed by atoms with Crippen LogP contribution in [0.2, 0.25) is 0 Å². The first-order chi connectivity index (χ1) is 19.4. The Labute approximate surface area is 266 Å². The minimum atomic E-state index is 0.0424. The summed E-state index contributed by atoms with van der Waals surface area (Å²) in [7, 11) is 3.92. The lowest BCUT2D eigenvalue weighted by molar-refractivity contribution is 0.192. The molecule has 4 rings (SSSR count). The van der Waals surface area contributed by atoms with Gasteiger partial charge < -0.3 is 20.1 Å². The molecule has 0 saturated heterocycles. The lowest BCUT2D eigenvalue weighted by atomic mass is 10.1. The van der Waals surface area contributed by atoms with Crippen LogP contribution in [0.5, 0.6) is 11.5 Å². The molecule has 0 aliphatic heterocycles. The SMILES string of the molecule is CNCCC(Oc1cncc(C)c1I)c1ccccc1.CNCCC(Oc1cncc(I)c1C)c1ccccc1. The number of rotatable bonds is 12. The van der Waals surface area contributed by atoms with Gasteiger partial charge in [0.1, 0.15) is 18.0 Å². The van der Waals surface area contributed by atoms with Gasteiger partial charge in [-0.3, -0.25) is 9.97 Å². The zero-order valence-corrected chi connectivity index (χ0v) is 27.8. The summed E-state index contributed by atoms with van der Waals surface area (Å²) >= 11 is 4.60. The average Bonchev–Trinajstić information content (AvgIpc) is 2.99. The van der Waals surface area contributed by atoms with Crippen molar-refractivity contribution in [1.29, 1.82) is 0 Å². The van der Waals surface area contributed by atoms with Gasteiger partial charge in [0.2, 0.25) is 0 Å². The van der Waals surface area contributed by atoms with Gasteiger partial charge in [-0.05, 0) is 103 Å². The second kappa shape index (κ2) is 17.5. The highest BCUT2D eigenvalue weighted by Crippen LogP contribution is 2.30. The van der Waals surface area contributed by atoms with Gasteiger partial charge >= 0.3 is 0 Å². The molecule has 0 amide bonds. The van der Waals surface area contributed by atoms with Crippen molar-refractivity contribution in [3.8, 4) is 11.5 Å². The largest absolute Gasteiger partial charge is 0.484 e. The average molecular weight is 764 g/mol. The quantitative estimate of drug-likeness (QED) is 0.146. The number of aromatic nitrogens is 2. The molecule has 2 atom stereocenters. The van der Waals surface area contributed by atoms with Crippen molar-refractivity contribution in [2.24, 2.45) is 0 Å². The van der Waals surface area contributed by atoms with Crippen LogP contribution in [0.25, 0.3) is 0 Å². The summed E-state index contributed by atoms with van der Waals surface area (Å²) in [6, 6.07) is 20.7. The molecule has 0 radical (unpaired) electrons. The number of halogens is 2. The lowest BCUT2D eigenvalue weighted by Gasteiger charge is -2.21. The van der Waals surface area contributed by atoms with Crippen LogP contribution in [0, 0.1) is 21.0 Å². The molecule has 4 aromatic rings. The molecule has 6 nitrogen and oxygen atoms in total. The van der Waals surface area contributed by atoms with Gasteiger partial charge in [-0.2, -0.15) is 0 Å². The number of hydrogen-bond acceptors (Lipinski definition) is 6. The Morgan fingerprint density at radius 2 is 1.15 bits per heavy atom. The maximum Gasteiger partial charge on any atom is 0.152 e. The molecular weight excluding hydrogens is 726 g/mol. The Bertz CT molecular complexity index is 1190. The molecule has 212 valence electrons. The minimum Gasteiger partial charge on any atom is -0.484 e. The van der Waals surface area contributed by atoms with Crippen LogP contribution in [0.4, 0.5) is 0 Å². The number of aryl methyl sites for hydroxylation is 1. The first-order valence-electron chi connectivity index (χ1n) is 13.4. The van der Waals surface area contributed by atoms with Crippen LogP contribution >= 0.6 is 45.2 Å². The summed E-state index contributed by atoms with van der Waals surface area (Å²) in [6.07, 6.45) is 9.24. The van der Waals surface area contributed by atoms with Gasteiger partial charge in [0.15, 0.2) is 5.75 Å². The number of hydrogen-bond donors (Lipinski definition) is 2. The molecule has 40 heavy (non-hydrogen) atoms. The molecule has 0 spiro atoms. The highest BCUT2D eigenvalue weighted by atomic mass is 127. The summed E-state index contributed by atoms with van der Waals surface area (Å²) in [4.78, 5) is 8.45. The van der Waals surface area contributed by atoms with E-state index in [9.17, 15) is 0 Å². The van der Waals surface area contributed by atoms with Gasteiger partial charge in [-0.25, -0.2) is 0 Å². The molecule has 2 heterocycles. The van der Waals surface area contributed by atoms with Crippen molar-refractivity contribution in [3.05, 3.63) is 115 Å². The van der Waals surface area contributed by atoms with E-state index in [1.807, 2.05) is 69.8 Å². The third-order valence-corrected chi connectivity index (χ3v) is 8.79. The number of ether oxygens (including phenoxy) is 2. The zero-order valence-electron chi connectivity index (χ0n) is 23.5. The minimum absolute atomic E-state index is 0.0424. The Balaban J connectivity index is 0.000000220. The molecule has 0 aliphatic carbocycles. The van der Waals surface area contributed by atoms with Crippen molar-refractivity contribution in [1.82, 2.24) is 20.6 Å². The van der Waals surface area contributed by atoms with Crippen molar-refractivity contribution >= 4 is 45.2 Å². The maximum atomic E-state index is 6.21. The van der Waals surface area contributed by atoms with E-state index in [0.29, 0.717) is 0 Å². The molecule has 2 aromatic heterocycles. The fraction of sp³-hybridized carbons (Fsp3) is 0.312. The van der Waals surface area contributed by atoms with E-state index in [4.69, 9.17) is 9.47 Å². The van der Waals surface area contributed by atoms with E-state index in [1.165, 1.54) is 11.1 Å². The Hall–Kier alpha value is -2.28. The van der Waals surface area contributed by atoms with Crippen molar-refractivity contribution in [3.63, 3.8) is 0 Å². The number of nitrogens with zero attached hydrogens (tertiary/aromatic N) is 2. The molecule has 2 aromatic carbocycles. The molecule has 0 fully saturated rings. The van der Waals surface area contributed by atoms with E-state index in [-0.39, 0.29) is 12.2 Å². The molecule has 2 unspecified atom stereocenters. The molecule has 0 bridgehead atoms. The molecule has 0 saturated carbocycles. The second-order valence-corrected chi connectivity index (χ2v) is 11.6. The predicted molar refractivity (Wildman–Crippen MR) is 180 cm³/mol. The first kappa shape index (κ1) is 32.2. The monoisotopic (exact) mass is 764 g/mol. The van der Waals surface area contributed by atoms with E-state index in [1.54, 1.807) is 12.4 Å². The van der Waals surface area contributed by atoms with Crippen molar-refractivity contribution in [2.75, 3.05) is 27.2 Å². The Kier molecular flexibility index (Phi) is 14.1. The lowest BCUT2D eigenvalue weighted by Crippen LogP contribution is -2.16. The third-order valence-electron chi connectivity index (χ3n) is 6.32. The van der Waals surface area contributed by atoms with E-state index < -0.39 is 0 Å². The standard InChI is InChI=1S/2C16H19IN2O/c1-12-14(17)10-19-11-16(12)20-15(8-9-18-2)13-6-4-3-5-7-13;1-12-10-19-11-15(16(12)17)20-14(8-9-18-2)13-6-4-3-5-7-13/h3-7,10-11,15,18H,8-9H2,1-2H3;3-7,10-11,14,18H,8-9H2,1-2H3. The van der Waals surface area contributed by atoms with Crippen LogP contribution in [0.3, 0.4) is 0 Å². The highest BCUT2D eigenvalue weighted by molar-refractivity contribution is 14.1. The normalized spacial score (nSPS) is 12.2. The van der Waals surface area contributed by atoms with Gasteiger partial charge in [-0.15, -0.1) is 0 Å². The van der Waals surface area contributed by atoms with Crippen LogP contribution < -0.4 is 20.1 Å². The van der Waals surface area contributed by atoms with Crippen LogP contribution in [-0.4, -0.2) is 37.2 Å². The summed E-state index contributed by atoms with van der Waals surface area (Å²) in [5, 5.41) is 6.36. The fourth-order valence-corrected chi connectivity index (χ4v) is 4.82. The van der Waals surface area contributed by atoms with Gasteiger partial charge in [0, 0.05) is 34.4 Å². The molecule has 0 aliphatic rings. The summed E-state index contributed by atoms with van der Waals surface area (Å²) in [5.41, 5.74) is 4.68. The van der Waals surface area contributed by atoms with Crippen LogP contribution in [0.15, 0.2) is 85.5 Å². The number of benzene rings is 2. The Morgan fingerprint density at radius 1 is 0.675 bits per heavy atom. The summed E-state index contributed by atoms with van der Waals surface area (Å²) < 4.78 is 14.7. The van der Waals surface area contributed by atoms with Crippen molar-refractivity contribution < 1.29 is 9.47 Å². The van der Waals surface area contributed by atoms with E-state index in [0.717, 1.165) is 55.7 Å². The Morgan fingerprint density at radius 3 is 1.68 bits per heavy atom. The maximum absolute atomic E-state index is 6.21. The highest BCUT2D eigenvalue weighted by Gasteiger charge is 2.16. The van der Waals surface area contributed by atoms with Gasteiger partial charge in [0.05, 0.1) is 16.0 Å². The van der Waals surface area contributed by atoms with Crippen molar-refractivity contribution in [2.45, 2.75) is 38.9 Å². The topological polar surface area (TPSA) is 68.3 Å². The molecular formula is C32H38I2N4O2. The van der Waals surface area contributed by atoms with Crippen LogP contribution in [0.1, 0.15) is 47.3 Å². The molecule has 2 N–H and O–H groups in total. The van der Waals surface area contributed by atoms with E-state index in [2.05, 4.69) is 97.0 Å². The third kappa shape index (κ3) is 9.97. The summed E-state index contributed by atoms with van der Waals surface area (Å²) in [6.45, 7) is 5.94. The van der Waals surface area contributed by atoms with Gasteiger partial charge in [0.25, 0.3) is 0 Å². The van der Waals surface area contributed by atoms with Gasteiger partial charge in [-0.1, -0.05) is 60.7 Å². The number of nitrogens with one attached hydrogen (secondary N) is 2. The predicted octanol–water partition coefficient (Wildman–Crippen LogP) is 7.45. The fourth-order valence-electron chi connectivity index (χ4n) is 3.99.